The second-order valence-corrected chi connectivity index (χ2v) is 9.44. The molecule has 0 spiro atoms. The highest BCUT2D eigenvalue weighted by molar-refractivity contribution is 7.07. The van der Waals surface area contributed by atoms with Crippen LogP contribution in [0.1, 0.15) is 50.2 Å². The number of likely N-dealkylation sites (N-methyl/N-ethyl adjacent to an activating group) is 1. The molecule has 0 aliphatic heterocycles. The van der Waals surface area contributed by atoms with Gasteiger partial charge in [-0.05, 0) is 56.6 Å². The molecule has 1 aromatic carbocycles. The summed E-state index contributed by atoms with van der Waals surface area (Å²) >= 11 is 1.24. The molecule has 0 aliphatic rings. The van der Waals surface area contributed by atoms with Gasteiger partial charge < -0.3 is 9.64 Å². The van der Waals surface area contributed by atoms with Gasteiger partial charge >= 0.3 is 0 Å². The van der Waals surface area contributed by atoms with Crippen molar-refractivity contribution >= 4 is 11.5 Å². The third-order valence-corrected chi connectivity index (χ3v) is 5.72. The molecule has 3 rings (SSSR count). The molecule has 3 aromatic rings. The van der Waals surface area contributed by atoms with Crippen molar-refractivity contribution in [2.45, 2.75) is 53.4 Å². The SMILES string of the molecule is CCN(C)CCc1cc(C)c(Oc2nc(-c3cnc(C(C)(C)C)nc3)ns2)cc1C. The number of aromatic nitrogens is 4. The van der Waals surface area contributed by atoms with Gasteiger partial charge in [-0.1, -0.05) is 33.8 Å². The van der Waals surface area contributed by atoms with E-state index in [2.05, 4.69) is 84.9 Å². The van der Waals surface area contributed by atoms with E-state index in [0.29, 0.717) is 11.0 Å². The highest BCUT2D eigenvalue weighted by Gasteiger charge is 2.18. The Balaban J connectivity index is 1.73. The average Bonchev–Trinajstić information content (AvgIpc) is 3.17. The zero-order valence-corrected chi connectivity index (χ0v) is 19.8. The Morgan fingerprint density at radius 1 is 1.07 bits per heavy atom. The summed E-state index contributed by atoms with van der Waals surface area (Å²) in [6.45, 7) is 14.8. The van der Waals surface area contributed by atoms with Crippen LogP contribution in [0, 0.1) is 13.8 Å². The van der Waals surface area contributed by atoms with Crippen molar-refractivity contribution in [3.8, 4) is 22.3 Å². The number of aryl methyl sites for hydroxylation is 2. The van der Waals surface area contributed by atoms with Gasteiger partial charge in [0.05, 0.1) is 5.56 Å². The van der Waals surface area contributed by atoms with E-state index in [1.165, 1.54) is 22.7 Å². The molecule has 0 fully saturated rings. The lowest BCUT2D eigenvalue weighted by molar-refractivity contribution is 0.357. The van der Waals surface area contributed by atoms with Gasteiger partial charge in [0.15, 0.2) is 5.82 Å². The summed E-state index contributed by atoms with van der Waals surface area (Å²) in [7, 11) is 2.15. The maximum absolute atomic E-state index is 6.07. The molecule has 7 heteroatoms. The van der Waals surface area contributed by atoms with Crippen LogP contribution >= 0.6 is 11.5 Å². The first-order chi connectivity index (χ1) is 14.2. The van der Waals surface area contributed by atoms with Gasteiger partial charge in [0.2, 0.25) is 0 Å². The summed E-state index contributed by atoms with van der Waals surface area (Å²) in [6, 6.07) is 4.31. The minimum absolute atomic E-state index is 0.0875. The summed E-state index contributed by atoms with van der Waals surface area (Å²) in [5, 5.41) is 0.519. The molecule has 2 heterocycles. The van der Waals surface area contributed by atoms with Crippen LogP contribution in [-0.2, 0) is 11.8 Å². The van der Waals surface area contributed by atoms with Crippen molar-refractivity contribution < 1.29 is 4.74 Å². The van der Waals surface area contributed by atoms with E-state index >= 15 is 0 Å². The second-order valence-electron chi connectivity index (χ2n) is 8.72. The summed E-state index contributed by atoms with van der Waals surface area (Å²) in [6.07, 6.45) is 4.58. The third kappa shape index (κ3) is 5.40. The third-order valence-electron chi connectivity index (χ3n) is 5.12. The predicted octanol–water partition coefficient (Wildman–Crippen LogP) is 5.20. The van der Waals surface area contributed by atoms with Gasteiger partial charge in [-0.25, -0.2) is 9.97 Å². The minimum atomic E-state index is -0.0875. The zero-order chi connectivity index (χ0) is 21.9. The molecule has 0 radical (unpaired) electrons. The Hall–Kier alpha value is -2.38. The highest BCUT2D eigenvalue weighted by atomic mass is 32.1. The molecular weight excluding hydrogens is 394 g/mol. The standard InChI is InChI=1S/C23H31N5OS/c1-8-28(7)10-9-17-11-16(3)19(12-15(17)2)29-22-26-20(27-30-22)18-13-24-21(25-14-18)23(4,5)6/h11-14H,8-10H2,1-7H3. The van der Waals surface area contributed by atoms with Crippen LogP contribution < -0.4 is 4.74 Å². The van der Waals surface area contributed by atoms with E-state index in [-0.39, 0.29) is 5.41 Å². The summed E-state index contributed by atoms with van der Waals surface area (Å²) < 4.78 is 10.5. The minimum Gasteiger partial charge on any atom is -0.430 e. The fourth-order valence-corrected chi connectivity index (χ4v) is 3.56. The Labute approximate surface area is 183 Å². The molecule has 0 amide bonds. The lowest BCUT2D eigenvalue weighted by Crippen LogP contribution is -2.20. The molecule has 0 atom stereocenters. The van der Waals surface area contributed by atoms with Crippen molar-refractivity contribution in [2.24, 2.45) is 0 Å². The van der Waals surface area contributed by atoms with Crippen LogP contribution in [0.5, 0.6) is 10.9 Å². The van der Waals surface area contributed by atoms with Crippen molar-refractivity contribution in [1.29, 1.82) is 0 Å². The summed E-state index contributed by atoms with van der Waals surface area (Å²) in [4.78, 5) is 15.8. The molecular formula is C23H31N5OS. The Bertz CT molecular complexity index is 992. The first-order valence-electron chi connectivity index (χ1n) is 10.3. The topological polar surface area (TPSA) is 64.0 Å². The quantitative estimate of drug-likeness (QED) is 0.519. The largest absolute Gasteiger partial charge is 0.430 e. The number of benzene rings is 1. The Morgan fingerprint density at radius 2 is 1.77 bits per heavy atom. The molecule has 0 bridgehead atoms. The maximum atomic E-state index is 6.07. The van der Waals surface area contributed by atoms with Crippen molar-refractivity contribution in [3.05, 3.63) is 47.0 Å². The summed E-state index contributed by atoms with van der Waals surface area (Å²) in [5.74, 6) is 2.21. The lowest BCUT2D eigenvalue weighted by atomic mass is 9.96. The summed E-state index contributed by atoms with van der Waals surface area (Å²) in [5.41, 5.74) is 4.39. The highest BCUT2D eigenvalue weighted by Crippen LogP contribution is 2.31. The molecule has 0 unspecified atom stereocenters. The number of hydrogen-bond donors (Lipinski definition) is 0. The van der Waals surface area contributed by atoms with Crippen molar-refractivity contribution in [1.82, 2.24) is 24.2 Å². The van der Waals surface area contributed by atoms with Gasteiger partial charge in [0.25, 0.3) is 5.19 Å². The van der Waals surface area contributed by atoms with Crippen molar-refractivity contribution in [2.75, 3.05) is 20.1 Å². The first kappa shape index (κ1) is 22.3. The van der Waals surface area contributed by atoms with Gasteiger partial charge in [0.1, 0.15) is 11.6 Å². The molecule has 0 N–H and O–H groups in total. The van der Waals surface area contributed by atoms with Crippen molar-refractivity contribution in [3.63, 3.8) is 0 Å². The normalized spacial score (nSPS) is 11.9. The van der Waals surface area contributed by atoms with Gasteiger partial charge in [-0.3, -0.25) is 0 Å². The molecule has 6 nitrogen and oxygen atoms in total. The first-order valence-corrected chi connectivity index (χ1v) is 11.1. The number of rotatable bonds is 7. The molecule has 160 valence electrons. The zero-order valence-electron chi connectivity index (χ0n) is 19.0. The van der Waals surface area contributed by atoms with Crippen LogP contribution in [-0.4, -0.2) is 44.4 Å². The molecule has 0 saturated carbocycles. The lowest BCUT2D eigenvalue weighted by Gasteiger charge is -2.16. The molecule has 30 heavy (non-hydrogen) atoms. The van der Waals surface area contributed by atoms with Crippen LogP contribution in [0.25, 0.3) is 11.4 Å². The Morgan fingerprint density at radius 3 is 2.40 bits per heavy atom. The van der Waals surface area contributed by atoms with Gasteiger partial charge in [0, 0.05) is 35.9 Å². The van der Waals surface area contributed by atoms with Crippen LogP contribution in [0.4, 0.5) is 0 Å². The van der Waals surface area contributed by atoms with Crippen LogP contribution in [0.3, 0.4) is 0 Å². The molecule has 0 saturated heterocycles. The van der Waals surface area contributed by atoms with E-state index in [4.69, 9.17) is 4.74 Å². The van der Waals surface area contributed by atoms with E-state index in [1.54, 1.807) is 12.4 Å². The molecule has 2 aromatic heterocycles. The van der Waals surface area contributed by atoms with E-state index in [0.717, 1.165) is 42.2 Å². The van der Waals surface area contributed by atoms with Crippen LogP contribution in [0.15, 0.2) is 24.5 Å². The number of nitrogens with zero attached hydrogens (tertiary/aromatic N) is 5. The number of ether oxygens (including phenoxy) is 1. The predicted molar refractivity (Wildman–Crippen MR) is 123 cm³/mol. The van der Waals surface area contributed by atoms with Gasteiger partial charge in [-0.2, -0.15) is 9.36 Å². The van der Waals surface area contributed by atoms with E-state index < -0.39 is 0 Å². The Kier molecular flexibility index (Phi) is 6.83. The fourth-order valence-electron chi connectivity index (χ4n) is 2.99. The fraction of sp³-hybridized carbons (Fsp3) is 0.478. The maximum Gasteiger partial charge on any atom is 0.299 e. The van der Waals surface area contributed by atoms with Gasteiger partial charge in [-0.15, -0.1) is 0 Å². The second kappa shape index (κ2) is 9.18. The van der Waals surface area contributed by atoms with Crippen LogP contribution in [0.2, 0.25) is 0 Å². The molecule has 0 aliphatic carbocycles. The number of hydrogen-bond acceptors (Lipinski definition) is 7. The monoisotopic (exact) mass is 425 g/mol. The smallest absolute Gasteiger partial charge is 0.299 e. The van der Waals surface area contributed by atoms with E-state index in [1.807, 2.05) is 0 Å². The van der Waals surface area contributed by atoms with E-state index in [9.17, 15) is 0 Å². The average molecular weight is 426 g/mol.